The van der Waals surface area contributed by atoms with E-state index in [4.69, 9.17) is 9.84 Å². The summed E-state index contributed by atoms with van der Waals surface area (Å²) in [6.45, 7) is 5.16. The smallest absolute Gasteiger partial charge is 0.328 e. The fourth-order valence-electron chi connectivity index (χ4n) is 1.89. The number of carbonyl (C=O) groups excluding carboxylic acids is 2. The number of carboxylic acids is 1. The topological polar surface area (TPSA) is 95.9 Å². The number of carbonyl (C=O) groups is 3. The maximum Gasteiger partial charge on any atom is 0.328 e. The third-order valence-corrected chi connectivity index (χ3v) is 3.03. The minimum atomic E-state index is -1.38. The Morgan fingerprint density at radius 1 is 1.42 bits per heavy atom. The second kappa shape index (κ2) is 5.90. The van der Waals surface area contributed by atoms with Gasteiger partial charge in [0.15, 0.2) is 0 Å². The van der Waals surface area contributed by atoms with Crippen LogP contribution in [-0.2, 0) is 14.3 Å². The van der Waals surface area contributed by atoms with Crippen LogP contribution >= 0.6 is 0 Å². The van der Waals surface area contributed by atoms with E-state index in [0.29, 0.717) is 19.4 Å². The Labute approximate surface area is 111 Å². The number of likely N-dealkylation sites (tertiary alicyclic amines) is 1. The number of amides is 2. The standard InChI is InChI=1S/C12H20N2O5/c1-4-19-9(15)8-6-5-7-14(8)11(18)13-12(2,3)10(16)17/h8H,4-7H2,1-3H3,(H,13,18)(H,16,17). The molecule has 1 fully saturated rings. The Bertz CT molecular complexity index is 380. The molecule has 2 amide bonds. The van der Waals surface area contributed by atoms with Gasteiger partial charge in [-0.25, -0.2) is 14.4 Å². The number of carboxylic acid groups (broad SMARTS) is 1. The number of esters is 1. The molecule has 1 unspecified atom stereocenters. The van der Waals surface area contributed by atoms with Crippen LogP contribution in [0.2, 0.25) is 0 Å². The number of hydrogen-bond donors (Lipinski definition) is 2. The lowest BCUT2D eigenvalue weighted by Crippen LogP contribution is -2.56. The van der Waals surface area contributed by atoms with Crippen LogP contribution in [0.4, 0.5) is 4.79 Å². The number of hydrogen-bond acceptors (Lipinski definition) is 4. The highest BCUT2D eigenvalue weighted by atomic mass is 16.5. The normalized spacial score (nSPS) is 19.1. The van der Waals surface area contributed by atoms with E-state index in [9.17, 15) is 14.4 Å². The largest absolute Gasteiger partial charge is 0.480 e. The first-order chi connectivity index (χ1) is 8.79. The summed E-state index contributed by atoms with van der Waals surface area (Å²) in [7, 11) is 0. The first kappa shape index (κ1) is 15.3. The summed E-state index contributed by atoms with van der Waals surface area (Å²) < 4.78 is 4.91. The lowest BCUT2D eigenvalue weighted by Gasteiger charge is -2.28. The van der Waals surface area contributed by atoms with Crippen LogP contribution in [0.5, 0.6) is 0 Å². The Balaban J connectivity index is 2.70. The van der Waals surface area contributed by atoms with Crippen LogP contribution in [-0.4, -0.2) is 52.7 Å². The molecule has 108 valence electrons. The van der Waals surface area contributed by atoms with E-state index in [1.807, 2.05) is 0 Å². The number of aliphatic carboxylic acids is 1. The first-order valence-corrected chi connectivity index (χ1v) is 6.28. The van der Waals surface area contributed by atoms with Crippen molar-refractivity contribution in [3.05, 3.63) is 0 Å². The number of ether oxygens (including phenoxy) is 1. The van der Waals surface area contributed by atoms with Crippen molar-refractivity contribution in [3.8, 4) is 0 Å². The van der Waals surface area contributed by atoms with E-state index in [0.717, 1.165) is 0 Å². The number of rotatable bonds is 4. The molecule has 7 nitrogen and oxygen atoms in total. The molecular weight excluding hydrogens is 252 g/mol. The van der Waals surface area contributed by atoms with Gasteiger partial charge in [0.25, 0.3) is 0 Å². The first-order valence-electron chi connectivity index (χ1n) is 6.28. The van der Waals surface area contributed by atoms with Crippen LogP contribution in [0, 0.1) is 0 Å². The quantitative estimate of drug-likeness (QED) is 0.730. The molecule has 0 spiro atoms. The van der Waals surface area contributed by atoms with E-state index in [2.05, 4.69) is 5.32 Å². The Kier molecular flexibility index (Phi) is 4.74. The van der Waals surface area contributed by atoms with Gasteiger partial charge in [0.05, 0.1) is 6.61 Å². The SMILES string of the molecule is CCOC(=O)C1CCCN1C(=O)NC(C)(C)C(=O)O. The summed E-state index contributed by atoms with van der Waals surface area (Å²) in [5.41, 5.74) is -1.38. The molecule has 1 rings (SSSR count). The Hall–Kier alpha value is -1.79. The van der Waals surface area contributed by atoms with Gasteiger partial charge in [-0.1, -0.05) is 0 Å². The van der Waals surface area contributed by atoms with Crippen LogP contribution in [0.3, 0.4) is 0 Å². The van der Waals surface area contributed by atoms with Gasteiger partial charge < -0.3 is 20.1 Å². The molecule has 2 N–H and O–H groups in total. The third kappa shape index (κ3) is 3.59. The summed E-state index contributed by atoms with van der Waals surface area (Å²) in [6.07, 6.45) is 1.24. The summed E-state index contributed by atoms with van der Waals surface area (Å²) >= 11 is 0. The summed E-state index contributed by atoms with van der Waals surface area (Å²) in [5.74, 6) is -1.57. The Morgan fingerprint density at radius 2 is 2.05 bits per heavy atom. The van der Waals surface area contributed by atoms with Crippen LogP contribution in [0.1, 0.15) is 33.6 Å². The predicted molar refractivity (Wildman–Crippen MR) is 66.6 cm³/mol. The molecule has 1 aliphatic heterocycles. The van der Waals surface area contributed by atoms with E-state index in [1.165, 1.54) is 18.7 Å². The minimum absolute atomic E-state index is 0.255. The highest BCUT2D eigenvalue weighted by Crippen LogP contribution is 2.19. The predicted octanol–water partition coefficient (Wildman–Crippen LogP) is 0.587. The maximum atomic E-state index is 12.0. The second-order valence-electron chi connectivity index (χ2n) is 4.96. The van der Waals surface area contributed by atoms with Crippen molar-refractivity contribution in [2.24, 2.45) is 0 Å². The number of nitrogens with one attached hydrogen (secondary N) is 1. The average molecular weight is 272 g/mol. The zero-order valence-electron chi connectivity index (χ0n) is 11.4. The lowest BCUT2D eigenvalue weighted by atomic mass is 10.1. The fourth-order valence-corrected chi connectivity index (χ4v) is 1.89. The van der Waals surface area contributed by atoms with Gasteiger partial charge in [-0.15, -0.1) is 0 Å². The van der Waals surface area contributed by atoms with Gasteiger partial charge in [0.1, 0.15) is 11.6 Å². The highest BCUT2D eigenvalue weighted by molar-refractivity contribution is 5.88. The van der Waals surface area contributed by atoms with Gasteiger partial charge in [0.2, 0.25) is 0 Å². The molecule has 0 aliphatic carbocycles. The summed E-state index contributed by atoms with van der Waals surface area (Å²) in [4.78, 5) is 36.0. The molecule has 19 heavy (non-hydrogen) atoms. The van der Waals surface area contributed by atoms with Gasteiger partial charge in [-0.05, 0) is 33.6 Å². The van der Waals surface area contributed by atoms with E-state index < -0.39 is 29.6 Å². The van der Waals surface area contributed by atoms with Gasteiger partial charge in [-0.3, -0.25) is 0 Å². The second-order valence-corrected chi connectivity index (χ2v) is 4.96. The van der Waals surface area contributed by atoms with Crippen molar-refractivity contribution in [1.29, 1.82) is 0 Å². The molecule has 1 aliphatic rings. The number of nitrogens with zero attached hydrogens (tertiary/aromatic N) is 1. The fraction of sp³-hybridized carbons (Fsp3) is 0.750. The third-order valence-electron chi connectivity index (χ3n) is 3.03. The van der Waals surface area contributed by atoms with Crippen molar-refractivity contribution < 1.29 is 24.2 Å². The molecular formula is C12H20N2O5. The molecule has 1 heterocycles. The zero-order chi connectivity index (χ0) is 14.6. The minimum Gasteiger partial charge on any atom is -0.480 e. The molecule has 0 saturated carbocycles. The zero-order valence-corrected chi connectivity index (χ0v) is 11.4. The molecule has 0 radical (unpaired) electrons. The van der Waals surface area contributed by atoms with Crippen molar-refractivity contribution in [2.45, 2.75) is 45.2 Å². The summed E-state index contributed by atoms with van der Waals surface area (Å²) in [6, 6.07) is -1.17. The number of urea groups is 1. The molecule has 7 heteroatoms. The van der Waals surface area contributed by atoms with Crippen LogP contribution < -0.4 is 5.32 Å². The summed E-state index contributed by atoms with van der Waals surface area (Å²) in [5, 5.41) is 11.4. The van der Waals surface area contributed by atoms with E-state index in [-0.39, 0.29) is 6.61 Å². The van der Waals surface area contributed by atoms with Crippen molar-refractivity contribution in [3.63, 3.8) is 0 Å². The average Bonchev–Trinajstić information content (AvgIpc) is 2.77. The van der Waals surface area contributed by atoms with E-state index in [1.54, 1.807) is 6.92 Å². The molecule has 0 aromatic carbocycles. The van der Waals surface area contributed by atoms with Gasteiger partial charge in [0, 0.05) is 6.54 Å². The van der Waals surface area contributed by atoms with Gasteiger partial charge >= 0.3 is 18.0 Å². The molecule has 0 bridgehead atoms. The van der Waals surface area contributed by atoms with Crippen molar-refractivity contribution >= 4 is 18.0 Å². The lowest BCUT2D eigenvalue weighted by molar-refractivity contribution is -0.147. The van der Waals surface area contributed by atoms with Crippen LogP contribution in [0.15, 0.2) is 0 Å². The van der Waals surface area contributed by atoms with E-state index >= 15 is 0 Å². The van der Waals surface area contributed by atoms with Gasteiger partial charge in [-0.2, -0.15) is 0 Å². The Morgan fingerprint density at radius 3 is 2.58 bits per heavy atom. The molecule has 0 aromatic heterocycles. The molecule has 1 saturated heterocycles. The van der Waals surface area contributed by atoms with Crippen LogP contribution in [0.25, 0.3) is 0 Å². The van der Waals surface area contributed by atoms with Crippen molar-refractivity contribution in [2.75, 3.05) is 13.2 Å². The monoisotopic (exact) mass is 272 g/mol. The maximum absolute atomic E-state index is 12.0. The molecule has 0 aromatic rings. The highest BCUT2D eigenvalue weighted by Gasteiger charge is 2.38. The van der Waals surface area contributed by atoms with Crippen molar-refractivity contribution in [1.82, 2.24) is 10.2 Å². The molecule has 1 atom stereocenters.